The van der Waals surface area contributed by atoms with Crippen molar-refractivity contribution in [3.8, 4) is 11.5 Å². The van der Waals surface area contributed by atoms with E-state index in [9.17, 15) is 10.1 Å². The van der Waals surface area contributed by atoms with Crippen LogP contribution in [-0.2, 0) is 12.0 Å². The van der Waals surface area contributed by atoms with Crippen LogP contribution < -0.4 is 9.64 Å². The molecule has 0 saturated carbocycles. The smallest absolute Gasteiger partial charge is 0.269 e. The highest BCUT2D eigenvalue weighted by molar-refractivity contribution is 5.60. The van der Waals surface area contributed by atoms with Crippen LogP contribution in [0.2, 0.25) is 0 Å². The highest BCUT2D eigenvalue weighted by Crippen LogP contribution is 2.52. The Morgan fingerprint density at radius 2 is 1.14 bits per heavy atom. The Labute approximate surface area is 285 Å². The fourth-order valence-electron chi connectivity index (χ4n) is 6.69. The fourth-order valence-corrected chi connectivity index (χ4v) is 6.69. The summed E-state index contributed by atoms with van der Waals surface area (Å²) in [6.45, 7) is 0.433. The van der Waals surface area contributed by atoms with Crippen molar-refractivity contribution in [2.45, 2.75) is 18.0 Å². The van der Waals surface area contributed by atoms with Gasteiger partial charge in [-0.3, -0.25) is 10.1 Å². The average Bonchev–Trinajstić information content (AvgIpc) is 3.70. The van der Waals surface area contributed by atoms with E-state index in [1.54, 1.807) is 18.5 Å². The molecule has 1 aromatic heterocycles. The predicted molar refractivity (Wildman–Crippen MR) is 193 cm³/mol. The molecule has 7 rings (SSSR count). The molecule has 7 heteroatoms. The minimum absolute atomic E-state index is 0.0498. The fraction of sp³-hybridized carbons (Fsp3) is 0.0714. The van der Waals surface area contributed by atoms with Gasteiger partial charge in [0.2, 0.25) is 0 Å². The lowest BCUT2D eigenvalue weighted by Gasteiger charge is -2.48. The summed E-state index contributed by atoms with van der Waals surface area (Å²) in [5.41, 5.74) is 5.25. The van der Waals surface area contributed by atoms with E-state index in [-0.39, 0.29) is 10.6 Å². The number of hydrogen-bond acceptors (Lipinski definition) is 5. The van der Waals surface area contributed by atoms with Gasteiger partial charge in [-0.15, -0.1) is 0 Å². The number of rotatable bonds is 12. The van der Waals surface area contributed by atoms with Crippen molar-refractivity contribution in [1.29, 1.82) is 0 Å². The minimum Gasteiger partial charge on any atom is -0.457 e. The molecule has 0 aliphatic rings. The molecule has 7 aromatic rings. The molecule has 49 heavy (non-hydrogen) atoms. The van der Waals surface area contributed by atoms with Crippen molar-refractivity contribution >= 4 is 11.4 Å². The van der Waals surface area contributed by atoms with Crippen LogP contribution >= 0.6 is 0 Å². The van der Waals surface area contributed by atoms with Gasteiger partial charge in [-0.2, -0.15) is 0 Å². The van der Waals surface area contributed by atoms with Crippen LogP contribution in [-0.4, -0.2) is 14.9 Å². The predicted octanol–water partition coefficient (Wildman–Crippen LogP) is 9.89. The first-order chi connectivity index (χ1) is 24.1. The zero-order chi connectivity index (χ0) is 33.5. The van der Waals surface area contributed by atoms with Crippen LogP contribution in [0.5, 0.6) is 11.5 Å². The van der Waals surface area contributed by atoms with Gasteiger partial charge in [-0.25, -0.2) is 4.98 Å². The molecule has 0 fully saturated rings. The van der Waals surface area contributed by atoms with E-state index >= 15 is 0 Å². The van der Waals surface area contributed by atoms with Crippen molar-refractivity contribution in [1.82, 2.24) is 9.97 Å². The Balaban J connectivity index is 1.47. The first-order valence-electron chi connectivity index (χ1n) is 16.1. The van der Waals surface area contributed by atoms with Gasteiger partial charge in [0.05, 0.1) is 28.4 Å². The van der Waals surface area contributed by atoms with Crippen LogP contribution in [0.3, 0.4) is 0 Å². The Kier molecular flexibility index (Phi) is 8.97. The number of imidazole rings is 1. The highest BCUT2D eigenvalue weighted by Gasteiger charge is 2.48. The molecule has 0 aliphatic heterocycles. The molecule has 0 amide bonds. The first kappa shape index (κ1) is 31.1. The van der Waals surface area contributed by atoms with E-state index in [1.165, 1.54) is 0 Å². The average molecular weight is 643 g/mol. The number of nitro groups is 1. The third-order valence-electron chi connectivity index (χ3n) is 8.86. The quantitative estimate of drug-likeness (QED) is 0.0815. The van der Waals surface area contributed by atoms with Gasteiger partial charge in [-0.05, 0) is 58.7 Å². The standard InChI is InChI=1S/C42H34N4O3/c47-46(48)37-23-21-32(22-24-37)30-45(36-25-27-39(28-26-36)49-38-19-11-4-12-20-38)41(40-29-43-31-44-40)42(33-13-5-1-6-14-33,34-15-7-2-8-16-34)35-17-9-3-10-18-35/h1-29,31,41H,30H2,(H,43,44). The lowest BCUT2D eigenvalue weighted by molar-refractivity contribution is -0.384. The number of H-pyrrole nitrogens is 1. The molecular formula is C42H34N4O3. The molecule has 1 unspecified atom stereocenters. The maximum absolute atomic E-state index is 11.6. The van der Waals surface area contributed by atoms with Crippen LogP contribution in [0.4, 0.5) is 11.4 Å². The summed E-state index contributed by atoms with van der Waals surface area (Å²) >= 11 is 0. The van der Waals surface area contributed by atoms with Gasteiger partial charge in [0.25, 0.3) is 5.69 Å². The van der Waals surface area contributed by atoms with E-state index in [4.69, 9.17) is 9.72 Å². The van der Waals surface area contributed by atoms with E-state index in [1.807, 2.05) is 79.0 Å². The van der Waals surface area contributed by atoms with E-state index < -0.39 is 11.5 Å². The van der Waals surface area contributed by atoms with Crippen LogP contribution in [0.15, 0.2) is 182 Å². The molecule has 0 radical (unpaired) electrons. The van der Waals surface area contributed by atoms with Crippen molar-refractivity contribution in [3.05, 3.63) is 220 Å². The Hall–Kier alpha value is -6.47. The molecule has 0 spiro atoms. The lowest BCUT2D eigenvalue weighted by atomic mass is 9.63. The number of ether oxygens (including phenoxy) is 1. The first-order valence-corrected chi connectivity index (χ1v) is 16.1. The zero-order valence-corrected chi connectivity index (χ0v) is 26.7. The topological polar surface area (TPSA) is 84.3 Å². The monoisotopic (exact) mass is 642 g/mol. The molecule has 1 atom stereocenters. The van der Waals surface area contributed by atoms with Crippen LogP contribution in [0, 0.1) is 10.1 Å². The summed E-state index contributed by atoms with van der Waals surface area (Å²) in [6.07, 6.45) is 3.68. The minimum atomic E-state index is -0.765. The van der Waals surface area contributed by atoms with Gasteiger partial charge in [0.1, 0.15) is 11.5 Å². The summed E-state index contributed by atoms with van der Waals surface area (Å²) in [5, 5.41) is 11.6. The second kappa shape index (κ2) is 14.1. The highest BCUT2D eigenvalue weighted by atomic mass is 16.6. The van der Waals surface area contributed by atoms with Gasteiger partial charge < -0.3 is 14.6 Å². The molecule has 1 heterocycles. The summed E-state index contributed by atoms with van der Waals surface area (Å²) in [4.78, 5) is 21.7. The normalized spacial score (nSPS) is 11.8. The molecule has 7 nitrogen and oxygen atoms in total. The lowest BCUT2D eigenvalue weighted by Crippen LogP contribution is -2.46. The van der Waals surface area contributed by atoms with Gasteiger partial charge in [0.15, 0.2) is 0 Å². The third kappa shape index (κ3) is 6.42. The van der Waals surface area contributed by atoms with Gasteiger partial charge >= 0.3 is 0 Å². The number of aromatic nitrogens is 2. The second-order valence-corrected chi connectivity index (χ2v) is 11.8. The number of para-hydroxylation sites is 1. The van der Waals surface area contributed by atoms with Crippen molar-refractivity contribution in [3.63, 3.8) is 0 Å². The number of nitrogens with zero attached hydrogens (tertiary/aromatic N) is 3. The van der Waals surface area contributed by atoms with Gasteiger partial charge in [0, 0.05) is 30.6 Å². The molecular weight excluding hydrogens is 608 g/mol. The van der Waals surface area contributed by atoms with E-state index in [0.717, 1.165) is 39.4 Å². The summed E-state index contributed by atoms with van der Waals surface area (Å²) in [6, 6.07) is 55.8. The van der Waals surface area contributed by atoms with Crippen LogP contribution in [0.1, 0.15) is 34.0 Å². The maximum Gasteiger partial charge on any atom is 0.269 e. The Morgan fingerprint density at radius 3 is 1.61 bits per heavy atom. The number of nitro benzene ring substituents is 1. The number of anilines is 1. The van der Waals surface area contributed by atoms with Crippen molar-refractivity contribution < 1.29 is 9.66 Å². The van der Waals surface area contributed by atoms with Crippen molar-refractivity contribution in [2.24, 2.45) is 0 Å². The molecule has 0 bridgehead atoms. The number of aromatic amines is 1. The number of hydrogen-bond donors (Lipinski definition) is 1. The van der Waals surface area contributed by atoms with Crippen LogP contribution in [0.25, 0.3) is 0 Å². The summed E-state index contributed by atoms with van der Waals surface area (Å²) < 4.78 is 6.18. The summed E-state index contributed by atoms with van der Waals surface area (Å²) in [5.74, 6) is 1.46. The number of non-ortho nitro benzene ring substituents is 1. The molecule has 0 aliphatic carbocycles. The Morgan fingerprint density at radius 1 is 0.653 bits per heavy atom. The van der Waals surface area contributed by atoms with E-state index in [2.05, 4.69) is 94.8 Å². The molecule has 1 N–H and O–H groups in total. The molecule has 6 aromatic carbocycles. The molecule has 0 saturated heterocycles. The summed E-state index contributed by atoms with van der Waals surface area (Å²) in [7, 11) is 0. The van der Waals surface area contributed by atoms with E-state index in [0.29, 0.717) is 12.3 Å². The zero-order valence-electron chi connectivity index (χ0n) is 26.7. The number of nitrogens with one attached hydrogen (secondary N) is 1. The van der Waals surface area contributed by atoms with Crippen molar-refractivity contribution in [2.75, 3.05) is 4.90 Å². The largest absolute Gasteiger partial charge is 0.457 e. The third-order valence-corrected chi connectivity index (χ3v) is 8.86. The number of benzene rings is 6. The molecule has 240 valence electrons. The second-order valence-electron chi connectivity index (χ2n) is 11.8. The van der Waals surface area contributed by atoms with Gasteiger partial charge in [-0.1, -0.05) is 121 Å². The SMILES string of the molecule is O=[N+]([O-])c1ccc(CN(c2ccc(Oc3ccccc3)cc2)C(c2c[nH]cn2)C(c2ccccc2)(c2ccccc2)c2ccccc2)cc1. The maximum atomic E-state index is 11.6. The Bertz CT molecular complexity index is 1980.